The van der Waals surface area contributed by atoms with Gasteiger partial charge in [0.1, 0.15) is 7.85 Å². The van der Waals surface area contributed by atoms with E-state index in [-0.39, 0.29) is 0 Å². The van der Waals surface area contributed by atoms with E-state index in [2.05, 4.69) is 44.5 Å². The fraction of sp³-hybridized carbons (Fsp3) is 1.00. The molecule has 2 rings (SSSR count). The van der Waals surface area contributed by atoms with Crippen LogP contribution in [0, 0.1) is 17.3 Å². The zero-order valence-electron chi connectivity index (χ0n) is 12.1. The standard InChI is InChI=1S/C15H28BBr/c1-11(2)12-4-8-15(16)9-6-13(17)5-7-14(15,3)10-12/h11-13H,4-10,16H2,1-3H3/t12?,13?,14-,15+/m1/s1. The second-order valence-corrected chi connectivity index (χ2v) is 8.84. The van der Waals surface area contributed by atoms with Crippen molar-refractivity contribution in [3.05, 3.63) is 0 Å². The first-order valence-corrected chi connectivity index (χ1v) is 8.42. The van der Waals surface area contributed by atoms with Gasteiger partial charge in [0, 0.05) is 4.83 Å². The van der Waals surface area contributed by atoms with Crippen LogP contribution in [-0.4, -0.2) is 12.7 Å². The summed E-state index contributed by atoms with van der Waals surface area (Å²) in [5.74, 6) is 1.85. The van der Waals surface area contributed by atoms with Crippen LogP contribution in [0.25, 0.3) is 0 Å². The van der Waals surface area contributed by atoms with E-state index in [1.807, 2.05) is 0 Å². The molecule has 4 atom stereocenters. The molecule has 0 amide bonds. The first-order valence-electron chi connectivity index (χ1n) is 7.50. The maximum atomic E-state index is 3.86. The Kier molecular flexibility index (Phi) is 4.03. The van der Waals surface area contributed by atoms with Crippen molar-refractivity contribution in [2.45, 2.75) is 75.9 Å². The quantitative estimate of drug-likeness (QED) is 0.491. The van der Waals surface area contributed by atoms with E-state index in [1.165, 1.54) is 44.9 Å². The van der Waals surface area contributed by atoms with Gasteiger partial charge in [-0.2, -0.15) is 0 Å². The lowest BCUT2D eigenvalue weighted by atomic mass is 9.43. The topological polar surface area (TPSA) is 0 Å². The molecule has 2 aliphatic carbocycles. The smallest absolute Gasteiger partial charge is 0.0891 e. The summed E-state index contributed by atoms with van der Waals surface area (Å²) in [5, 5.41) is 0.612. The summed E-state index contributed by atoms with van der Waals surface area (Å²) in [5.41, 5.74) is 0.600. The summed E-state index contributed by atoms with van der Waals surface area (Å²) < 4.78 is 0. The van der Waals surface area contributed by atoms with Gasteiger partial charge >= 0.3 is 0 Å². The number of hydrogen-bond donors (Lipinski definition) is 0. The van der Waals surface area contributed by atoms with E-state index in [1.54, 1.807) is 0 Å². The molecule has 0 saturated heterocycles. The van der Waals surface area contributed by atoms with Gasteiger partial charge < -0.3 is 0 Å². The van der Waals surface area contributed by atoms with Gasteiger partial charge in [0.2, 0.25) is 0 Å². The van der Waals surface area contributed by atoms with E-state index in [9.17, 15) is 0 Å². The van der Waals surface area contributed by atoms with Gasteiger partial charge in [-0.25, -0.2) is 0 Å². The second kappa shape index (κ2) is 4.91. The maximum absolute atomic E-state index is 3.86. The van der Waals surface area contributed by atoms with Crippen LogP contribution in [0.4, 0.5) is 0 Å². The first-order chi connectivity index (χ1) is 7.86. The van der Waals surface area contributed by atoms with Crippen LogP contribution in [-0.2, 0) is 0 Å². The van der Waals surface area contributed by atoms with Crippen LogP contribution in [0.1, 0.15) is 65.7 Å². The third kappa shape index (κ3) is 2.62. The van der Waals surface area contributed by atoms with Crippen molar-refractivity contribution in [2.24, 2.45) is 17.3 Å². The Morgan fingerprint density at radius 2 is 1.71 bits per heavy atom. The minimum atomic E-state index is 0.600. The minimum Gasteiger partial charge on any atom is -0.0891 e. The zero-order valence-corrected chi connectivity index (χ0v) is 13.6. The fourth-order valence-electron chi connectivity index (χ4n) is 4.23. The maximum Gasteiger partial charge on any atom is 0.110 e. The Morgan fingerprint density at radius 3 is 2.35 bits per heavy atom. The predicted octanol–water partition coefficient (Wildman–Crippen LogP) is 4.58. The van der Waals surface area contributed by atoms with Crippen molar-refractivity contribution in [3.63, 3.8) is 0 Å². The van der Waals surface area contributed by atoms with E-state index >= 15 is 0 Å². The number of hydrogen-bond acceptors (Lipinski definition) is 0. The third-order valence-corrected chi connectivity index (χ3v) is 7.11. The minimum absolute atomic E-state index is 0.600. The van der Waals surface area contributed by atoms with E-state index < -0.39 is 0 Å². The fourth-order valence-corrected chi connectivity index (χ4v) is 4.69. The Hall–Kier alpha value is 0.545. The van der Waals surface area contributed by atoms with E-state index in [0.717, 1.165) is 16.7 Å². The summed E-state index contributed by atoms with van der Waals surface area (Å²) >= 11 is 3.86. The molecule has 2 fully saturated rings. The predicted molar refractivity (Wildman–Crippen MR) is 82.7 cm³/mol. The Bertz CT molecular complexity index is 278. The first kappa shape index (κ1) is 14.0. The molecule has 0 heterocycles. The monoisotopic (exact) mass is 298 g/mol. The van der Waals surface area contributed by atoms with Crippen LogP contribution in [0.15, 0.2) is 0 Å². The van der Waals surface area contributed by atoms with Gasteiger partial charge in [-0.3, -0.25) is 0 Å². The summed E-state index contributed by atoms with van der Waals surface area (Å²) in [6.07, 6.45) is 10.0. The lowest BCUT2D eigenvalue weighted by Crippen LogP contribution is -2.40. The summed E-state index contributed by atoms with van der Waals surface area (Å²) in [6.45, 7) is 7.42. The SMILES string of the molecule is B[C@@]12CCC(Br)CC[C@]1(C)CC(C(C)C)CC2. The van der Waals surface area contributed by atoms with Gasteiger partial charge in [-0.15, -0.1) is 0 Å². The highest BCUT2D eigenvalue weighted by Crippen LogP contribution is 2.63. The molecule has 0 aromatic carbocycles. The molecule has 2 saturated carbocycles. The third-order valence-electron chi connectivity index (χ3n) is 6.20. The molecular weight excluding hydrogens is 271 g/mol. The summed E-state index contributed by atoms with van der Waals surface area (Å²) in [4.78, 5) is 0.777. The molecule has 0 aromatic rings. The number of rotatable bonds is 1. The molecule has 0 nitrogen and oxygen atoms in total. The van der Waals surface area contributed by atoms with Crippen LogP contribution >= 0.6 is 15.9 Å². The molecular formula is C15H28BBr. The lowest BCUT2D eigenvalue weighted by Gasteiger charge is -2.53. The normalized spacial score (nSPS) is 47.6. The molecule has 0 bridgehead atoms. The van der Waals surface area contributed by atoms with Crippen molar-refractivity contribution in [1.29, 1.82) is 0 Å². The highest BCUT2D eigenvalue weighted by molar-refractivity contribution is 9.09. The average Bonchev–Trinajstić information content (AvgIpc) is 2.38. The molecule has 2 unspecified atom stereocenters. The van der Waals surface area contributed by atoms with E-state index in [0.29, 0.717) is 10.7 Å². The van der Waals surface area contributed by atoms with Gasteiger partial charge in [0.15, 0.2) is 0 Å². The van der Waals surface area contributed by atoms with Gasteiger partial charge in [-0.05, 0) is 42.9 Å². The molecule has 2 heteroatoms. The largest absolute Gasteiger partial charge is 0.110 e. The Morgan fingerprint density at radius 1 is 1.12 bits per heavy atom. The Labute approximate surface area is 117 Å². The molecule has 17 heavy (non-hydrogen) atoms. The molecule has 0 radical (unpaired) electrons. The number of fused-ring (bicyclic) bond motifs is 1. The molecule has 2 aliphatic rings. The van der Waals surface area contributed by atoms with Crippen molar-refractivity contribution in [1.82, 2.24) is 0 Å². The highest BCUT2D eigenvalue weighted by Gasteiger charge is 2.49. The second-order valence-electron chi connectivity index (χ2n) is 7.54. The highest BCUT2D eigenvalue weighted by atomic mass is 79.9. The van der Waals surface area contributed by atoms with Crippen LogP contribution in [0.2, 0.25) is 5.31 Å². The van der Waals surface area contributed by atoms with Gasteiger partial charge in [-0.1, -0.05) is 61.3 Å². The Balaban J connectivity index is 2.18. The summed E-state index contributed by atoms with van der Waals surface area (Å²) in [6, 6.07) is 0. The van der Waals surface area contributed by atoms with Crippen molar-refractivity contribution >= 4 is 23.8 Å². The lowest BCUT2D eigenvalue weighted by molar-refractivity contribution is 0.0642. The van der Waals surface area contributed by atoms with Crippen LogP contribution < -0.4 is 0 Å². The molecule has 0 spiro atoms. The molecule has 0 N–H and O–H groups in total. The zero-order chi connectivity index (χ0) is 12.7. The number of alkyl halides is 1. The number of halogens is 1. The van der Waals surface area contributed by atoms with Crippen LogP contribution in [0.3, 0.4) is 0 Å². The average molecular weight is 299 g/mol. The van der Waals surface area contributed by atoms with Gasteiger partial charge in [0.05, 0.1) is 0 Å². The van der Waals surface area contributed by atoms with Crippen molar-refractivity contribution < 1.29 is 0 Å². The van der Waals surface area contributed by atoms with Gasteiger partial charge in [0.25, 0.3) is 0 Å². The molecule has 0 aromatic heterocycles. The summed E-state index contributed by atoms with van der Waals surface area (Å²) in [7, 11) is 2.58. The van der Waals surface area contributed by atoms with Crippen molar-refractivity contribution in [3.8, 4) is 0 Å². The molecule has 98 valence electrons. The molecule has 0 aliphatic heterocycles. The van der Waals surface area contributed by atoms with Crippen LogP contribution in [0.5, 0.6) is 0 Å². The van der Waals surface area contributed by atoms with Crippen molar-refractivity contribution in [2.75, 3.05) is 0 Å². The van der Waals surface area contributed by atoms with E-state index in [4.69, 9.17) is 0 Å².